The number of ether oxygens (including phenoxy) is 1. The minimum Gasteiger partial charge on any atom is -0.491 e. The Labute approximate surface area is 209 Å². The summed E-state index contributed by atoms with van der Waals surface area (Å²) in [5.41, 5.74) is 1.74. The smallest absolute Gasteiger partial charge is 0.354 e. The zero-order chi connectivity index (χ0) is 26.0. The van der Waals surface area contributed by atoms with E-state index in [1.807, 2.05) is 70.2 Å². The number of nitrogens with one attached hydrogen (secondary N) is 1. The van der Waals surface area contributed by atoms with Gasteiger partial charge >= 0.3 is 17.3 Å². The molecule has 0 radical (unpaired) electrons. The van der Waals surface area contributed by atoms with Crippen molar-refractivity contribution in [1.82, 2.24) is 14.1 Å². The maximum absolute atomic E-state index is 13.6. The van der Waals surface area contributed by atoms with Crippen molar-refractivity contribution in [3.63, 3.8) is 0 Å². The number of aromatic nitrogens is 3. The Hall–Kier alpha value is -3.88. The van der Waals surface area contributed by atoms with E-state index in [2.05, 4.69) is 10.3 Å². The topological polar surface area (TPSA) is 115 Å². The van der Waals surface area contributed by atoms with Gasteiger partial charge in [0.05, 0.1) is 19.1 Å². The number of aryl methyl sites for hydroxylation is 2. The van der Waals surface area contributed by atoms with Crippen LogP contribution in [0.25, 0.3) is 0 Å². The predicted molar refractivity (Wildman–Crippen MR) is 137 cm³/mol. The van der Waals surface area contributed by atoms with Crippen molar-refractivity contribution in [2.75, 3.05) is 5.32 Å². The van der Waals surface area contributed by atoms with E-state index in [4.69, 9.17) is 4.74 Å². The number of carboxylic acid groups (broad SMARTS) is 1. The van der Waals surface area contributed by atoms with Crippen molar-refractivity contribution in [3.05, 3.63) is 80.1 Å². The number of nitrogens with zero attached hydrogens (tertiary/aromatic N) is 3. The van der Waals surface area contributed by atoms with Crippen LogP contribution in [0.1, 0.15) is 49.8 Å². The number of carbonyl (C=O) groups is 1. The SMILES string of the molecule is Cc1ccc(Cn2c(Nc3ccc(OC(C)C)c(C)c3)nc(=O)n(CC3(CC(=O)O)CC3)c2=O)cc1. The molecule has 3 aromatic rings. The lowest BCUT2D eigenvalue weighted by atomic mass is 10.0. The molecule has 0 atom stereocenters. The van der Waals surface area contributed by atoms with Crippen LogP contribution in [-0.4, -0.2) is 31.3 Å². The van der Waals surface area contributed by atoms with Gasteiger partial charge in [-0.2, -0.15) is 4.98 Å². The first-order valence-electron chi connectivity index (χ1n) is 12.1. The molecule has 0 aliphatic heterocycles. The summed E-state index contributed by atoms with van der Waals surface area (Å²) in [5.74, 6) is -0.0574. The fraction of sp³-hybridized carbons (Fsp3) is 0.407. The third-order valence-corrected chi connectivity index (χ3v) is 6.38. The van der Waals surface area contributed by atoms with Gasteiger partial charge in [0.1, 0.15) is 5.75 Å². The number of aliphatic carboxylic acids is 1. The van der Waals surface area contributed by atoms with E-state index in [-0.39, 0.29) is 31.6 Å². The van der Waals surface area contributed by atoms with Crippen LogP contribution in [0.5, 0.6) is 5.75 Å². The number of carboxylic acids is 1. The average Bonchev–Trinajstić information content (AvgIpc) is 3.55. The lowest BCUT2D eigenvalue weighted by Gasteiger charge is -2.19. The molecule has 1 aliphatic carbocycles. The highest BCUT2D eigenvalue weighted by atomic mass is 16.5. The molecule has 36 heavy (non-hydrogen) atoms. The highest BCUT2D eigenvalue weighted by Crippen LogP contribution is 2.49. The van der Waals surface area contributed by atoms with Crippen LogP contribution in [0.4, 0.5) is 11.6 Å². The molecule has 1 saturated carbocycles. The molecular weight excluding hydrogens is 460 g/mol. The van der Waals surface area contributed by atoms with Crippen LogP contribution >= 0.6 is 0 Å². The molecule has 9 nitrogen and oxygen atoms in total. The summed E-state index contributed by atoms with van der Waals surface area (Å²) in [5, 5.41) is 12.4. The number of hydrogen-bond donors (Lipinski definition) is 2. The van der Waals surface area contributed by atoms with E-state index < -0.39 is 22.8 Å². The maximum Gasteiger partial charge on any atom is 0.354 e. The van der Waals surface area contributed by atoms with E-state index >= 15 is 0 Å². The first-order chi connectivity index (χ1) is 17.0. The lowest BCUT2D eigenvalue weighted by molar-refractivity contribution is -0.138. The van der Waals surface area contributed by atoms with Gasteiger partial charge in [-0.3, -0.25) is 9.36 Å². The minimum atomic E-state index is -0.938. The largest absolute Gasteiger partial charge is 0.491 e. The van der Waals surface area contributed by atoms with Gasteiger partial charge in [0.2, 0.25) is 5.95 Å². The molecule has 0 unspecified atom stereocenters. The van der Waals surface area contributed by atoms with Crippen LogP contribution in [0.2, 0.25) is 0 Å². The molecule has 1 fully saturated rings. The Morgan fingerprint density at radius 3 is 2.39 bits per heavy atom. The summed E-state index contributed by atoms with van der Waals surface area (Å²) >= 11 is 0. The van der Waals surface area contributed by atoms with Crippen LogP contribution in [0.15, 0.2) is 52.1 Å². The number of anilines is 2. The van der Waals surface area contributed by atoms with Gasteiger partial charge in [0, 0.05) is 12.2 Å². The van der Waals surface area contributed by atoms with E-state index in [9.17, 15) is 19.5 Å². The summed E-state index contributed by atoms with van der Waals surface area (Å²) in [6, 6.07) is 13.3. The monoisotopic (exact) mass is 492 g/mol. The van der Waals surface area contributed by atoms with Gasteiger partial charge in [0.15, 0.2) is 0 Å². The molecule has 0 bridgehead atoms. The molecule has 0 amide bonds. The van der Waals surface area contributed by atoms with E-state index in [0.29, 0.717) is 18.5 Å². The minimum absolute atomic E-state index is 0.0346. The Bertz CT molecular complexity index is 1380. The standard InChI is InChI=1S/C27H32N4O5/c1-17(2)36-22-10-9-21(13-19(22)4)28-24-29-25(34)31(16-27(11-12-27)14-23(32)33)26(35)30(24)15-20-7-5-18(3)6-8-20/h5-10,13,17H,11-12,14-16H2,1-4H3,(H,32,33)(H,28,29,34). The van der Waals surface area contributed by atoms with Crippen LogP contribution in [0, 0.1) is 19.3 Å². The average molecular weight is 493 g/mol. The summed E-state index contributed by atoms with van der Waals surface area (Å²) in [6.45, 7) is 8.06. The van der Waals surface area contributed by atoms with E-state index in [1.165, 1.54) is 4.57 Å². The normalized spacial score (nSPS) is 14.0. The van der Waals surface area contributed by atoms with Gasteiger partial charge in [-0.15, -0.1) is 0 Å². The van der Waals surface area contributed by atoms with Gasteiger partial charge < -0.3 is 15.2 Å². The van der Waals surface area contributed by atoms with Crippen molar-refractivity contribution in [2.45, 2.75) is 66.2 Å². The second-order valence-corrected chi connectivity index (χ2v) is 10.0. The third kappa shape index (κ3) is 5.84. The van der Waals surface area contributed by atoms with Crippen LogP contribution in [0.3, 0.4) is 0 Å². The van der Waals surface area contributed by atoms with Crippen molar-refractivity contribution >= 4 is 17.6 Å². The maximum atomic E-state index is 13.6. The van der Waals surface area contributed by atoms with Gasteiger partial charge in [-0.25, -0.2) is 14.2 Å². The highest BCUT2D eigenvalue weighted by Gasteiger charge is 2.45. The van der Waals surface area contributed by atoms with Crippen LogP contribution < -0.4 is 21.4 Å². The molecule has 1 heterocycles. The molecule has 4 rings (SSSR count). The Balaban J connectivity index is 1.73. The molecule has 2 aromatic carbocycles. The molecule has 1 aliphatic rings. The molecule has 9 heteroatoms. The zero-order valence-corrected chi connectivity index (χ0v) is 21.1. The lowest BCUT2D eigenvalue weighted by Crippen LogP contribution is -2.44. The highest BCUT2D eigenvalue weighted by molar-refractivity contribution is 5.68. The fourth-order valence-corrected chi connectivity index (χ4v) is 4.24. The number of rotatable bonds is 10. The van der Waals surface area contributed by atoms with E-state index in [0.717, 1.165) is 27.0 Å². The summed E-state index contributed by atoms with van der Waals surface area (Å²) in [7, 11) is 0. The first-order valence-corrected chi connectivity index (χ1v) is 12.1. The van der Waals surface area contributed by atoms with Gasteiger partial charge in [0.25, 0.3) is 0 Å². The number of hydrogen-bond acceptors (Lipinski definition) is 6. The van der Waals surface area contributed by atoms with Gasteiger partial charge in [-0.1, -0.05) is 29.8 Å². The van der Waals surface area contributed by atoms with Crippen molar-refractivity contribution in [2.24, 2.45) is 5.41 Å². The zero-order valence-electron chi connectivity index (χ0n) is 21.1. The Morgan fingerprint density at radius 1 is 1.11 bits per heavy atom. The predicted octanol–water partition coefficient (Wildman–Crippen LogP) is 3.86. The first kappa shape index (κ1) is 25.2. The molecule has 0 spiro atoms. The molecule has 1 aromatic heterocycles. The molecule has 190 valence electrons. The number of benzene rings is 2. The Morgan fingerprint density at radius 2 is 1.81 bits per heavy atom. The van der Waals surface area contributed by atoms with Crippen molar-refractivity contribution < 1.29 is 14.6 Å². The fourth-order valence-electron chi connectivity index (χ4n) is 4.24. The molecular formula is C27H32N4O5. The Kier molecular flexibility index (Phi) is 7.01. The van der Waals surface area contributed by atoms with Crippen LogP contribution in [-0.2, 0) is 17.9 Å². The summed E-state index contributed by atoms with van der Waals surface area (Å²) in [4.78, 5) is 42.1. The second-order valence-electron chi connectivity index (χ2n) is 10.0. The van der Waals surface area contributed by atoms with Crippen molar-refractivity contribution in [3.8, 4) is 5.75 Å². The summed E-state index contributed by atoms with van der Waals surface area (Å²) in [6.07, 6.45) is 1.27. The van der Waals surface area contributed by atoms with Gasteiger partial charge in [-0.05, 0) is 75.3 Å². The summed E-state index contributed by atoms with van der Waals surface area (Å²) < 4.78 is 8.30. The quantitative estimate of drug-likeness (QED) is 0.442. The third-order valence-electron chi connectivity index (χ3n) is 6.38. The van der Waals surface area contributed by atoms with Crippen molar-refractivity contribution in [1.29, 1.82) is 0 Å². The second kappa shape index (κ2) is 10.0. The molecule has 0 saturated heterocycles. The van der Waals surface area contributed by atoms with E-state index in [1.54, 1.807) is 0 Å². The molecule has 2 N–H and O–H groups in total.